The molecule has 1 heterocycles. The van der Waals surface area contributed by atoms with E-state index in [1.165, 1.54) is 6.26 Å². The first-order valence-electron chi connectivity index (χ1n) is 6.44. The van der Waals surface area contributed by atoms with Crippen LogP contribution in [0.4, 0.5) is 0 Å². The number of benzene rings is 1. The van der Waals surface area contributed by atoms with E-state index in [2.05, 4.69) is 10.6 Å². The predicted molar refractivity (Wildman–Crippen MR) is 79.6 cm³/mol. The molecule has 0 saturated heterocycles. The predicted octanol–water partition coefficient (Wildman–Crippen LogP) is 2.40. The molecule has 0 bridgehead atoms. The number of amides is 2. The zero-order valence-corrected chi connectivity index (χ0v) is 12.2. The molecule has 2 aromatic rings. The summed E-state index contributed by atoms with van der Waals surface area (Å²) in [6.45, 7) is 2.39. The molecule has 1 aromatic carbocycles. The normalized spacial score (nSPS) is 10.2. The Bertz CT molecular complexity index is 635. The van der Waals surface area contributed by atoms with Crippen LogP contribution in [-0.2, 0) is 0 Å². The van der Waals surface area contributed by atoms with Gasteiger partial charge >= 0.3 is 0 Å². The SMILES string of the molecule is Cc1occc1C(=O)NCCNC(=O)c1ccc(Cl)cc1. The lowest BCUT2D eigenvalue weighted by Crippen LogP contribution is -2.34. The van der Waals surface area contributed by atoms with Gasteiger partial charge in [0.25, 0.3) is 11.8 Å². The Hall–Kier alpha value is -2.27. The zero-order valence-electron chi connectivity index (χ0n) is 11.5. The Kier molecular flexibility index (Phi) is 5.00. The molecule has 2 N–H and O–H groups in total. The standard InChI is InChI=1S/C15H15ClN2O3/c1-10-13(6-9-21-10)15(20)18-8-7-17-14(19)11-2-4-12(16)5-3-11/h2-6,9H,7-8H2,1H3,(H,17,19)(H,18,20). The van der Waals surface area contributed by atoms with Gasteiger partial charge in [-0.1, -0.05) is 11.6 Å². The summed E-state index contributed by atoms with van der Waals surface area (Å²) in [5.74, 6) is 0.139. The van der Waals surface area contributed by atoms with Crippen LogP contribution < -0.4 is 10.6 Å². The molecular formula is C15H15ClN2O3. The fraction of sp³-hybridized carbons (Fsp3) is 0.200. The first kappa shape index (κ1) is 15.1. The number of aryl methyl sites for hydroxylation is 1. The van der Waals surface area contributed by atoms with Gasteiger partial charge in [-0.25, -0.2) is 0 Å². The van der Waals surface area contributed by atoms with Crippen molar-refractivity contribution in [2.45, 2.75) is 6.92 Å². The van der Waals surface area contributed by atoms with Gasteiger partial charge in [-0.2, -0.15) is 0 Å². The van der Waals surface area contributed by atoms with Gasteiger partial charge in [0.1, 0.15) is 5.76 Å². The van der Waals surface area contributed by atoms with Gasteiger partial charge in [-0.05, 0) is 37.3 Å². The molecule has 0 radical (unpaired) electrons. The third kappa shape index (κ3) is 4.10. The fourth-order valence-corrected chi connectivity index (χ4v) is 1.90. The quantitative estimate of drug-likeness (QED) is 0.833. The van der Waals surface area contributed by atoms with E-state index in [1.54, 1.807) is 37.3 Å². The first-order valence-corrected chi connectivity index (χ1v) is 6.82. The average molecular weight is 307 g/mol. The zero-order chi connectivity index (χ0) is 15.2. The van der Waals surface area contributed by atoms with Crippen LogP contribution in [0.5, 0.6) is 0 Å². The Morgan fingerprint density at radius 2 is 1.67 bits per heavy atom. The Balaban J connectivity index is 1.75. The van der Waals surface area contributed by atoms with Gasteiger partial charge in [0.2, 0.25) is 0 Å². The second-order valence-corrected chi connectivity index (χ2v) is 4.85. The molecule has 2 amide bonds. The van der Waals surface area contributed by atoms with Gasteiger partial charge in [-0.3, -0.25) is 9.59 Å². The van der Waals surface area contributed by atoms with Gasteiger partial charge in [0.05, 0.1) is 11.8 Å². The Labute approximate surface area is 127 Å². The molecule has 0 aliphatic carbocycles. The van der Waals surface area contributed by atoms with Crippen LogP contribution in [0.2, 0.25) is 5.02 Å². The van der Waals surface area contributed by atoms with Gasteiger partial charge in [-0.15, -0.1) is 0 Å². The average Bonchev–Trinajstić information content (AvgIpc) is 2.90. The molecule has 6 heteroatoms. The molecule has 0 unspecified atom stereocenters. The van der Waals surface area contributed by atoms with Crippen molar-refractivity contribution >= 4 is 23.4 Å². The van der Waals surface area contributed by atoms with Crippen molar-refractivity contribution in [3.8, 4) is 0 Å². The molecule has 5 nitrogen and oxygen atoms in total. The van der Waals surface area contributed by atoms with Crippen LogP contribution in [0.1, 0.15) is 26.5 Å². The number of hydrogen-bond donors (Lipinski definition) is 2. The molecule has 1 aromatic heterocycles. The van der Waals surface area contributed by atoms with Crippen molar-refractivity contribution < 1.29 is 14.0 Å². The molecule has 21 heavy (non-hydrogen) atoms. The highest BCUT2D eigenvalue weighted by Crippen LogP contribution is 2.09. The molecule has 0 aliphatic heterocycles. The number of halogens is 1. The van der Waals surface area contributed by atoms with Crippen molar-refractivity contribution in [3.63, 3.8) is 0 Å². The molecule has 0 spiro atoms. The molecule has 110 valence electrons. The lowest BCUT2D eigenvalue weighted by atomic mass is 10.2. The summed E-state index contributed by atoms with van der Waals surface area (Å²) in [7, 11) is 0. The molecule has 0 atom stereocenters. The summed E-state index contributed by atoms with van der Waals surface area (Å²) in [5.41, 5.74) is 1.02. The van der Waals surface area contributed by atoms with E-state index in [1.807, 2.05) is 0 Å². The molecule has 0 fully saturated rings. The third-order valence-electron chi connectivity index (χ3n) is 2.91. The number of carbonyl (C=O) groups is 2. The maximum atomic E-state index is 11.8. The molecule has 2 rings (SSSR count). The third-order valence-corrected chi connectivity index (χ3v) is 3.16. The topological polar surface area (TPSA) is 71.3 Å². The van der Waals surface area contributed by atoms with E-state index >= 15 is 0 Å². The van der Waals surface area contributed by atoms with Crippen molar-refractivity contribution in [2.24, 2.45) is 0 Å². The Morgan fingerprint density at radius 3 is 2.24 bits per heavy atom. The van der Waals surface area contributed by atoms with Crippen molar-refractivity contribution in [1.29, 1.82) is 0 Å². The second-order valence-electron chi connectivity index (χ2n) is 4.41. The monoisotopic (exact) mass is 306 g/mol. The lowest BCUT2D eigenvalue weighted by molar-refractivity contribution is 0.0927. The lowest BCUT2D eigenvalue weighted by Gasteiger charge is -2.07. The number of rotatable bonds is 5. The summed E-state index contributed by atoms with van der Waals surface area (Å²) in [6, 6.07) is 8.20. The van der Waals surface area contributed by atoms with Crippen LogP contribution in [0.25, 0.3) is 0 Å². The summed E-state index contributed by atoms with van der Waals surface area (Å²) >= 11 is 5.75. The van der Waals surface area contributed by atoms with Crippen LogP contribution in [0.3, 0.4) is 0 Å². The van der Waals surface area contributed by atoms with E-state index in [4.69, 9.17) is 16.0 Å². The van der Waals surface area contributed by atoms with Crippen LogP contribution in [0.15, 0.2) is 41.0 Å². The largest absolute Gasteiger partial charge is 0.469 e. The second kappa shape index (κ2) is 6.95. The highest BCUT2D eigenvalue weighted by atomic mass is 35.5. The number of hydrogen-bond acceptors (Lipinski definition) is 3. The minimum absolute atomic E-state index is 0.208. The highest BCUT2D eigenvalue weighted by Gasteiger charge is 2.10. The number of furan rings is 1. The number of carbonyl (C=O) groups excluding carboxylic acids is 2. The van der Waals surface area contributed by atoms with E-state index in [9.17, 15) is 9.59 Å². The highest BCUT2D eigenvalue weighted by molar-refractivity contribution is 6.30. The molecule has 0 saturated carbocycles. The summed E-state index contributed by atoms with van der Waals surface area (Å²) < 4.78 is 5.06. The minimum Gasteiger partial charge on any atom is -0.469 e. The van der Waals surface area contributed by atoms with Crippen LogP contribution >= 0.6 is 11.6 Å². The van der Waals surface area contributed by atoms with Crippen LogP contribution in [0, 0.1) is 6.92 Å². The van der Waals surface area contributed by atoms with E-state index in [0.29, 0.717) is 35.0 Å². The first-order chi connectivity index (χ1) is 10.1. The fourth-order valence-electron chi connectivity index (χ4n) is 1.77. The summed E-state index contributed by atoms with van der Waals surface area (Å²) in [6.07, 6.45) is 1.46. The van der Waals surface area contributed by atoms with Crippen LogP contribution in [-0.4, -0.2) is 24.9 Å². The van der Waals surface area contributed by atoms with Crippen molar-refractivity contribution in [2.75, 3.05) is 13.1 Å². The summed E-state index contributed by atoms with van der Waals surface area (Å²) in [4.78, 5) is 23.6. The minimum atomic E-state index is -0.220. The smallest absolute Gasteiger partial charge is 0.254 e. The van der Waals surface area contributed by atoms with Gasteiger partial charge < -0.3 is 15.1 Å². The Morgan fingerprint density at radius 1 is 1.05 bits per heavy atom. The maximum absolute atomic E-state index is 11.8. The summed E-state index contributed by atoms with van der Waals surface area (Å²) in [5, 5.41) is 6.00. The van der Waals surface area contributed by atoms with E-state index in [-0.39, 0.29) is 11.8 Å². The molecule has 0 aliphatic rings. The van der Waals surface area contributed by atoms with E-state index in [0.717, 1.165) is 0 Å². The van der Waals surface area contributed by atoms with Gasteiger partial charge in [0, 0.05) is 23.7 Å². The number of nitrogens with one attached hydrogen (secondary N) is 2. The van der Waals surface area contributed by atoms with Crippen molar-refractivity contribution in [1.82, 2.24) is 10.6 Å². The van der Waals surface area contributed by atoms with Gasteiger partial charge in [0.15, 0.2) is 0 Å². The maximum Gasteiger partial charge on any atom is 0.254 e. The van der Waals surface area contributed by atoms with E-state index < -0.39 is 0 Å². The van der Waals surface area contributed by atoms with Crippen molar-refractivity contribution in [3.05, 3.63) is 58.5 Å². The molecular weight excluding hydrogens is 292 g/mol.